The molecular weight excluding hydrogens is 464 g/mol. The number of methoxy groups -OCH3 is 1. The lowest BCUT2D eigenvalue weighted by Gasteiger charge is -2.37. The van der Waals surface area contributed by atoms with Crippen LogP contribution in [-0.4, -0.2) is 55.0 Å². The van der Waals surface area contributed by atoms with E-state index in [4.69, 9.17) is 13.9 Å². The molecule has 0 bridgehead atoms. The number of fused-ring (bicyclic) bond motifs is 1. The highest BCUT2D eigenvalue weighted by Crippen LogP contribution is 2.34. The van der Waals surface area contributed by atoms with Crippen LogP contribution in [0.4, 0.5) is 0 Å². The summed E-state index contributed by atoms with van der Waals surface area (Å²) in [7, 11) is 1.47. The molecule has 2 aromatic heterocycles. The Bertz CT molecular complexity index is 1110. The topological polar surface area (TPSA) is 72.2 Å². The van der Waals surface area contributed by atoms with Crippen molar-refractivity contribution in [3.8, 4) is 5.75 Å². The predicted molar refractivity (Wildman–Crippen MR) is 135 cm³/mol. The maximum atomic E-state index is 13.5. The molecule has 1 aliphatic rings. The van der Waals surface area contributed by atoms with Gasteiger partial charge in [0.15, 0.2) is 0 Å². The maximum Gasteiger partial charge on any atom is 0.249 e. The van der Waals surface area contributed by atoms with Crippen LogP contribution < -0.4 is 4.74 Å². The van der Waals surface area contributed by atoms with Crippen molar-refractivity contribution in [2.24, 2.45) is 0 Å². The van der Waals surface area contributed by atoms with Gasteiger partial charge in [-0.05, 0) is 59.2 Å². The van der Waals surface area contributed by atoms with Crippen LogP contribution in [-0.2, 0) is 27.3 Å². The number of benzene rings is 1. The molecule has 2 amide bonds. The highest BCUT2D eigenvalue weighted by molar-refractivity contribution is 7.10. The van der Waals surface area contributed by atoms with Crippen LogP contribution in [0.25, 0.3) is 0 Å². The van der Waals surface area contributed by atoms with E-state index < -0.39 is 0 Å². The average molecular weight is 497 g/mol. The first-order valence-corrected chi connectivity index (χ1v) is 12.7. The Morgan fingerprint density at radius 3 is 2.69 bits per heavy atom. The SMILES string of the molecule is COCC(=O)N(CC(=O)N1CCc2sccc2[C@@H]1COc1ccc(C(C)C)cc1)Cc1ccco1. The second-order valence-electron chi connectivity index (χ2n) is 8.95. The van der Waals surface area contributed by atoms with Gasteiger partial charge >= 0.3 is 0 Å². The normalized spacial score (nSPS) is 15.2. The fourth-order valence-electron chi connectivity index (χ4n) is 4.29. The molecule has 0 radical (unpaired) electrons. The Balaban J connectivity index is 1.49. The summed E-state index contributed by atoms with van der Waals surface area (Å²) in [6.07, 6.45) is 2.35. The van der Waals surface area contributed by atoms with Crippen molar-refractivity contribution in [1.82, 2.24) is 9.80 Å². The van der Waals surface area contributed by atoms with E-state index in [1.54, 1.807) is 29.7 Å². The number of ether oxygens (including phenoxy) is 2. The fourth-order valence-corrected chi connectivity index (χ4v) is 5.22. The van der Waals surface area contributed by atoms with E-state index in [9.17, 15) is 9.59 Å². The van der Waals surface area contributed by atoms with Gasteiger partial charge in [-0.3, -0.25) is 9.59 Å². The first-order valence-electron chi connectivity index (χ1n) is 11.8. The zero-order valence-corrected chi connectivity index (χ0v) is 21.3. The number of hydrogen-bond acceptors (Lipinski definition) is 6. The van der Waals surface area contributed by atoms with E-state index in [2.05, 4.69) is 37.4 Å². The number of nitrogens with zero attached hydrogens (tertiary/aromatic N) is 2. The molecule has 8 heteroatoms. The molecule has 35 heavy (non-hydrogen) atoms. The zero-order chi connectivity index (χ0) is 24.8. The second-order valence-corrected chi connectivity index (χ2v) is 9.95. The third-order valence-electron chi connectivity index (χ3n) is 6.24. The summed E-state index contributed by atoms with van der Waals surface area (Å²) >= 11 is 1.71. The van der Waals surface area contributed by atoms with Crippen LogP contribution in [0.3, 0.4) is 0 Å². The minimum Gasteiger partial charge on any atom is -0.491 e. The minimum absolute atomic E-state index is 0.0536. The molecule has 0 aliphatic carbocycles. The summed E-state index contributed by atoms with van der Waals surface area (Å²) in [6, 6.07) is 13.5. The van der Waals surface area contributed by atoms with Gasteiger partial charge in [-0.1, -0.05) is 26.0 Å². The molecule has 0 spiro atoms. The van der Waals surface area contributed by atoms with Crippen molar-refractivity contribution in [2.75, 3.05) is 33.4 Å². The molecule has 1 aliphatic heterocycles. The van der Waals surface area contributed by atoms with Crippen LogP contribution in [0.15, 0.2) is 58.5 Å². The molecule has 0 N–H and O–H groups in total. The second kappa shape index (κ2) is 11.6. The molecule has 0 unspecified atom stereocenters. The molecule has 3 aromatic rings. The molecule has 0 saturated heterocycles. The van der Waals surface area contributed by atoms with E-state index in [0.29, 0.717) is 24.8 Å². The molecule has 4 rings (SSSR count). The van der Waals surface area contributed by atoms with Gasteiger partial charge < -0.3 is 23.7 Å². The van der Waals surface area contributed by atoms with E-state index in [-0.39, 0.29) is 37.6 Å². The van der Waals surface area contributed by atoms with E-state index in [1.807, 2.05) is 17.0 Å². The lowest BCUT2D eigenvalue weighted by molar-refractivity contribution is -0.145. The van der Waals surface area contributed by atoms with E-state index in [0.717, 1.165) is 17.7 Å². The largest absolute Gasteiger partial charge is 0.491 e. The van der Waals surface area contributed by atoms with Crippen molar-refractivity contribution in [2.45, 2.75) is 38.8 Å². The summed E-state index contributed by atoms with van der Waals surface area (Å²) in [4.78, 5) is 30.8. The molecule has 7 nitrogen and oxygen atoms in total. The number of carbonyl (C=O) groups is 2. The predicted octanol–water partition coefficient (Wildman–Crippen LogP) is 4.64. The molecule has 3 heterocycles. The summed E-state index contributed by atoms with van der Waals surface area (Å²) in [6.45, 7) is 5.31. The van der Waals surface area contributed by atoms with Gasteiger partial charge in [0.05, 0.1) is 18.8 Å². The summed E-state index contributed by atoms with van der Waals surface area (Å²) in [5.41, 5.74) is 2.37. The van der Waals surface area contributed by atoms with Crippen molar-refractivity contribution in [3.63, 3.8) is 0 Å². The van der Waals surface area contributed by atoms with Gasteiger partial charge in [-0.15, -0.1) is 11.3 Å². The quantitative estimate of drug-likeness (QED) is 0.409. The minimum atomic E-state index is -0.261. The smallest absolute Gasteiger partial charge is 0.249 e. The van der Waals surface area contributed by atoms with Crippen molar-refractivity contribution in [1.29, 1.82) is 0 Å². The van der Waals surface area contributed by atoms with Crippen LogP contribution in [0.2, 0.25) is 0 Å². The van der Waals surface area contributed by atoms with Crippen LogP contribution >= 0.6 is 11.3 Å². The molecule has 0 fully saturated rings. The van der Waals surface area contributed by atoms with Crippen molar-refractivity contribution >= 4 is 23.2 Å². The van der Waals surface area contributed by atoms with Crippen molar-refractivity contribution in [3.05, 3.63) is 75.9 Å². The Hall–Kier alpha value is -3.10. The third kappa shape index (κ3) is 6.13. The van der Waals surface area contributed by atoms with Gasteiger partial charge in [0, 0.05) is 18.5 Å². The molecule has 186 valence electrons. The maximum absolute atomic E-state index is 13.5. The average Bonchev–Trinajstić information content (AvgIpc) is 3.54. The van der Waals surface area contributed by atoms with E-state index in [1.165, 1.54) is 22.5 Å². The number of hydrogen-bond donors (Lipinski definition) is 0. The zero-order valence-electron chi connectivity index (χ0n) is 20.4. The number of carbonyl (C=O) groups excluding carboxylic acids is 2. The number of furan rings is 1. The van der Waals surface area contributed by atoms with Gasteiger partial charge in [0.1, 0.15) is 31.3 Å². The Morgan fingerprint density at radius 2 is 2.00 bits per heavy atom. The van der Waals surface area contributed by atoms with Crippen LogP contribution in [0.5, 0.6) is 5.75 Å². The summed E-state index contributed by atoms with van der Waals surface area (Å²) in [5, 5.41) is 2.06. The van der Waals surface area contributed by atoms with Gasteiger partial charge in [-0.25, -0.2) is 0 Å². The van der Waals surface area contributed by atoms with Gasteiger partial charge in [0.2, 0.25) is 11.8 Å². The first-order chi connectivity index (χ1) is 17.0. The number of rotatable bonds is 10. The van der Waals surface area contributed by atoms with E-state index >= 15 is 0 Å². The molecule has 1 aromatic carbocycles. The van der Waals surface area contributed by atoms with Gasteiger partial charge in [-0.2, -0.15) is 0 Å². The summed E-state index contributed by atoms with van der Waals surface area (Å²) in [5.74, 6) is 1.46. The number of amides is 2. The standard InChI is InChI=1S/C27H32N2O5S/c1-19(2)20-6-8-21(9-7-20)34-17-24-23-11-14-35-25(23)10-12-29(24)26(30)16-28(27(31)18-32-3)15-22-5-4-13-33-22/h4-9,11,13-14,19,24H,10,12,15-18H2,1-3H3/t24-/m0/s1. The molecule has 1 atom stereocenters. The van der Waals surface area contributed by atoms with Gasteiger partial charge in [0.25, 0.3) is 0 Å². The molecule has 0 saturated carbocycles. The highest BCUT2D eigenvalue weighted by atomic mass is 32.1. The summed E-state index contributed by atoms with van der Waals surface area (Å²) < 4.78 is 16.6. The first kappa shape index (κ1) is 25.0. The lowest BCUT2D eigenvalue weighted by atomic mass is 10.00. The fraction of sp³-hybridized carbons (Fsp3) is 0.407. The lowest BCUT2D eigenvalue weighted by Crippen LogP contribution is -2.48. The van der Waals surface area contributed by atoms with Crippen LogP contribution in [0, 0.1) is 0 Å². The molecular formula is C27H32N2O5S. The Kier molecular flexibility index (Phi) is 8.25. The number of thiophene rings is 1. The van der Waals surface area contributed by atoms with Crippen LogP contribution in [0.1, 0.15) is 47.6 Å². The Labute approximate surface area is 210 Å². The van der Waals surface area contributed by atoms with Crippen molar-refractivity contribution < 1.29 is 23.5 Å². The Morgan fingerprint density at radius 1 is 1.20 bits per heavy atom. The highest BCUT2D eigenvalue weighted by Gasteiger charge is 2.33. The monoisotopic (exact) mass is 496 g/mol. The third-order valence-corrected chi connectivity index (χ3v) is 7.24.